The van der Waals surface area contributed by atoms with Crippen molar-refractivity contribution in [1.82, 2.24) is 9.55 Å². The fourth-order valence-corrected chi connectivity index (χ4v) is 1.93. The van der Waals surface area contributed by atoms with Crippen molar-refractivity contribution in [2.24, 2.45) is 0 Å². The van der Waals surface area contributed by atoms with Gasteiger partial charge in [-0.05, 0) is 30.3 Å². The normalized spacial score (nSPS) is 10.8. The van der Waals surface area contributed by atoms with Gasteiger partial charge < -0.3 is 5.73 Å². The van der Waals surface area contributed by atoms with Crippen LogP contribution < -0.4 is 11.3 Å². The van der Waals surface area contributed by atoms with Crippen LogP contribution in [0.3, 0.4) is 0 Å². The molecular weight excluding hydrogens is 245 g/mol. The van der Waals surface area contributed by atoms with Crippen LogP contribution in [0.15, 0.2) is 53.6 Å². The summed E-state index contributed by atoms with van der Waals surface area (Å²) in [7, 11) is 0. The quantitative estimate of drug-likeness (QED) is 0.677. The van der Waals surface area contributed by atoms with E-state index in [4.69, 9.17) is 5.73 Å². The predicted octanol–water partition coefficient (Wildman–Crippen LogP) is 2.11. The second-order valence-corrected chi connectivity index (χ2v) is 4.14. The minimum atomic E-state index is -0.509. The van der Waals surface area contributed by atoms with Gasteiger partial charge >= 0.3 is 0 Å². The average molecular weight is 255 g/mol. The third kappa shape index (κ3) is 1.85. The summed E-state index contributed by atoms with van der Waals surface area (Å²) in [4.78, 5) is 16.5. The van der Waals surface area contributed by atoms with Crippen molar-refractivity contribution in [3.8, 4) is 5.69 Å². The van der Waals surface area contributed by atoms with Crippen LogP contribution >= 0.6 is 0 Å². The number of nitrogens with zero attached hydrogens (tertiary/aromatic N) is 2. The largest absolute Gasteiger partial charge is 0.396 e. The van der Waals surface area contributed by atoms with Gasteiger partial charge in [0.25, 0.3) is 5.56 Å². The van der Waals surface area contributed by atoms with Gasteiger partial charge in [-0.1, -0.05) is 12.1 Å². The van der Waals surface area contributed by atoms with Gasteiger partial charge in [0.2, 0.25) is 0 Å². The molecule has 2 N–H and O–H groups in total. The molecule has 0 aliphatic rings. The fourth-order valence-electron chi connectivity index (χ4n) is 1.93. The maximum absolute atomic E-state index is 13.1. The number of nitrogen functional groups attached to an aromatic ring is 1. The van der Waals surface area contributed by atoms with E-state index >= 15 is 0 Å². The van der Waals surface area contributed by atoms with E-state index in [0.29, 0.717) is 16.6 Å². The van der Waals surface area contributed by atoms with Crippen LogP contribution in [0, 0.1) is 5.82 Å². The fraction of sp³-hybridized carbons (Fsp3) is 0. The number of nitrogens with two attached hydrogens (primary N) is 1. The van der Waals surface area contributed by atoms with Gasteiger partial charge in [-0.15, -0.1) is 0 Å². The SMILES string of the molecule is Nc1cc(-n2cnc3ccccc3c2=O)ccc1F. The van der Waals surface area contributed by atoms with Crippen LogP contribution in [0.1, 0.15) is 0 Å². The van der Waals surface area contributed by atoms with Crippen LogP contribution in [0.25, 0.3) is 16.6 Å². The summed E-state index contributed by atoms with van der Waals surface area (Å²) in [5, 5.41) is 0.507. The first-order chi connectivity index (χ1) is 9.16. The van der Waals surface area contributed by atoms with Gasteiger partial charge in [-0.3, -0.25) is 9.36 Å². The Morgan fingerprint density at radius 2 is 1.95 bits per heavy atom. The van der Waals surface area contributed by atoms with E-state index < -0.39 is 5.82 Å². The Labute approximate surface area is 107 Å². The van der Waals surface area contributed by atoms with Crippen molar-refractivity contribution >= 4 is 16.6 Å². The minimum absolute atomic E-state index is 0.00226. The van der Waals surface area contributed by atoms with E-state index in [2.05, 4.69) is 4.98 Å². The number of rotatable bonds is 1. The smallest absolute Gasteiger partial charge is 0.265 e. The molecule has 19 heavy (non-hydrogen) atoms. The molecule has 3 rings (SSSR count). The predicted molar refractivity (Wildman–Crippen MR) is 71.7 cm³/mol. The second-order valence-electron chi connectivity index (χ2n) is 4.14. The third-order valence-corrected chi connectivity index (χ3v) is 2.92. The molecule has 0 spiro atoms. The number of hydrogen-bond acceptors (Lipinski definition) is 3. The minimum Gasteiger partial charge on any atom is -0.396 e. The molecule has 1 heterocycles. The van der Waals surface area contributed by atoms with Gasteiger partial charge in [0.1, 0.15) is 12.1 Å². The van der Waals surface area contributed by atoms with Gasteiger partial charge in [-0.2, -0.15) is 0 Å². The molecule has 0 saturated carbocycles. The van der Waals surface area contributed by atoms with E-state index in [1.54, 1.807) is 18.2 Å². The summed E-state index contributed by atoms with van der Waals surface area (Å²) >= 11 is 0. The Morgan fingerprint density at radius 3 is 2.74 bits per heavy atom. The van der Waals surface area contributed by atoms with E-state index in [9.17, 15) is 9.18 Å². The number of hydrogen-bond donors (Lipinski definition) is 1. The molecule has 1 aromatic heterocycles. The highest BCUT2D eigenvalue weighted by molar-refractivity contribution is 5.77. The van der Waals surface area contributed by atoms with Gasteiger partial charge in [0.15, 0.2) is 0 Å². The Morgan fingerprint density at radius 1 is 1.16 bits per heavy atom. The Bertz CT molecular complexity index is 826. The summed E-state index contributed by atoms with van der Waals surface area (Å²) in [6, 6.07) is 11.2. The zero-order valence-electron chi connectivity index (χ0n) is 9.88. The molecule has 94 valence electrons. The van der Waals surface area contributed by atoms with Gasteiger partial charge in [0.05, 0.1) is 22.3 Å². The van der Waals surface area contributed by atoms with Gasteiger partial charge in [0, 0.05) is 0 Å². The second kappa shape index (κ2) is 4.20. The molecule has 3 aromatic rings. The van der Waals surface area contributed by atoms with Crippen molar-refractivity contribution in [3.63, 3.8) is 0 Å². The maximum Gasteiger partial charge on any atom is 0.265 e. The molecule has 0 bridgehead atoms. The highest BCUT2D eigenvalue weighted by Crippen LogP contribution is 2.15. The molecule has 5 heteroatoms. The monoisotopic (exact) mass is 255 g/mol. The molecule has 0 atom stereocenters. The van der Waals surface area contributed by atoms with E-state index in [0.717, 1.165) is 0 Å². The zero-order chi connectivity index (χ0) is 13.4. The van der Waals surface area contributed by atoms with Crippen molar-refractivity contribution in [3.05, 3.63) is 65.0 Å². The van der Waals surface area contributed by atoms with Crippen LogP contribution in [-0.4, -0.2) is 9.55 Å². The number of anilines is 1. The first-order valence-corrected chi connectivity index (χ1v) is 5.68. The molecule has 0 amide bonds. The lowest BCUT2D eigenvalue weighted by Crippen LogP contribution is -2.18. The molecule has 0 aliphatic carbocycles. The van der Waals surface area contributed by atoms with Crippen molar-refractivity contribution < 1.29 is 4.39 Å². The molecule has 0 saturated heterocycles. The van der Waals surface area contributed by atoms with Crippen molar-refractivity contribution in [2.45, 2.75) is 0 Å². The molecule has 0 fully saturated rings. The summed E-state index contributed by atoms with van der Waals surface area (Å²) in [5.74, 6) is -0.509. The molecule has 0 unspecified atom stereocenters. The van der Waals surface area contributed by atoms with E-state index in [1.807, 2.05) is 6.07 Å². The molecule has 2 aromatic carbocycles. The molecular formula is C14H10FN3O. The average Bonchev–Trinajstić information content (AvgIpc) is 2.43. The highest BCUT2D eigenvalue weighted by Gasteiger charge is 2.07. The number of aromatic nitrogens is 2. The number of benzene rings is 2. The molecule has 4 nitrogen and oxygen atoms in total. The lowest BCUT2D eigenvalue weighted by Gasteiger charge is -2.07. The lowest BCUT2D eigenvalue weighted by atomic mass is 10.2. The van der Waals surface area contributed by atoms with Gasteiger partial charge in [-0.25, -0.2) is 9.37 Å². The summed E-state index contributed by atoms with van der Waals surface area (Å²) in [6.45, 7) is 0. The number of fused-ring (bicyclic) bond motifs is 1. The van der Waals surface area contributed by atoms with Crippen LogP contribution in [-0.2, 0) is 0 Å². The standard InChI is InChI=1S/C14H10FN3O/c15-11-6-5-9(7-12(11)16)18-8-17-13-4-2-1-3-10(13)14(18)19/h1-8H,16H2. The summed E-state index contributed by atoms with van der Waals surface area (Å²) in [5.41, 5.74) is 6.41. The van der Waals surface area contributed by atoms with Crippen LogP contribution in [0.5, 0.6) is 0 Å². The van der Waals surface area contributed by atoms with Crippen LogP contribution in [0.2, 0.25) is 0 Å². The zero-order valence-corrected chi connectivity index (χ0v) is 9.88. The molecule has 0 aliphatic heterocycles. The maximum atomic E-state index is 13.1. The van der Waals surface area contributed by atoms with E-state index in [1.165, 1.54) is 29.1 Å². The van der Waals surface area contributed by atoms with Crippen LogP contribution in [0.4, 0.5) is 10.1 Å². The van der Waals surface area contributed by atoms with E-state index in [-0.39, 0.29) is 11.2 Å². The van der Waals surface area contributed by atoms with Crippen molar-refractivity contribution in [1.29, 1.82) is 0 Å². The highest BCUT2D eigenvalue weighted by atomic mass is 19.1. The first kappa shape index (κ1) is 11.4. The Balaban J connectivity index is 2.28. The first-order valence-electron chi connectivity index (χ1n) is 5.68. The summed E-state index contributed by atoms with van der Waals surface area (Å²) < 4.78 is 14.5. The Hall–Kier alpha value is -2.69. The number of halogens is 1. The molecule has 0 radical (unpaired) electrons. The lowest BCUT2D eigenvalue weighted by molar-refractivity contribution is 0.632. The number of para-hydroxylation sites is 1. The third-order valence-electron chi connectivity index (χ3n) is 2.92. The Kier molecular flexibility index (Phi) is 2.52. The topological polar surface area (TPSA) is 60.9 Å². The summed E-state index contributed by atoms with van der Waals surface area (Å²) in [6.07, 6.45) is 1.41. The van der Waals surface area contributed by atoms with Crippen molar-refractivity contribution in [2.75, 3.05) is 5.73 Å².